The normalized spacial score (nSPS) is 27.0. The first kappa shape index (κ1) is 11.6. The molecule has 0 heterocycles. The van der Waals surface area contributed by atoms with Gasteiger partial charge in [0.2, 0.25) is 0 Å². The summed E-state index contributed by atoms with van der Waals surface area (Å²) in [5.74, 6) is 1.47. The molecule has 0 aliphatic heterocycles. The Balaban J connectivity index is 2.09. The zero-order valence-corrected chi connectivity index (χ0v) is 9.35. The number of nitrogens with one attached hydrogen (secondary N) is 1. The summed E-state index contributed by atoms with van der Waals surface area (Å²) in [6.45, 7) is 3.01. The van der Waals surface area contributed by atoms with Crippen molar-refractivity contribution in [1.29, 1.82) is 0 Å². The van der Waals surface area contributed by atoms with Gasteiger partial charge >= 0.3 is 6.09 Å². The van der Waals surface area contributed by atoms with Crippen LogP contribution in [0.5, 0.6) is 0 Å². The fourth-order valence-corrected chi connectivity index (χ4v) is 1.96. The highest BCUT2D eigenvalue weighted by Gasteiger charge is 2.18. The van der Waals surface area contributed by atoms with Crippen LogP contribution in [-0.4, -0.2) is 18.7 Å². The lowest BCUT2D eigenvalue weighted by Crippen LogP contribution is -2.31. The predicted molar refractivity (Wildman–Crippen MR) is 56.3 cm³/mol. The molecule has 0 saturated heterocycles. The molecular weight excluding hydrogens is 202 g/mol. The van der Waals surface area contributed by atoms with Gasteiger partial charge in [0.05, 0.1) is 0 Å². The minimum Gasteiger partial charge on any atom is -0.433 e. The van der Waals surface area contributed by atoms with E-state index in [0.717, 1.165) is 12.5 Å². The highest BCUT2D eigenvalue weighted by Crippen LogP contribution is 2.27. The Labute approximate surface area is 90.1 Å². The van der Waals surface area contributed by atoms with Gasteiger partial charge in [0.15, 0.2) is 6.07 Å². The molecule has 82 valence electrons. The Morgan fingerprint density at radius 1 is 1.43 bits per heavy atom. The van der Waals surface area contributed by atoms with Crippen LogP contribution in [0.3, 0.4) is 0 Å². The molecule has 1 fully saturated rings. The van der Waals surface area contributed by atoms with Crippen molar-refractivity contribution in [2.75, 3.05) is 12.6 Å². The first-order valence-corrected chi connectivity index (χ1v) is 5.72. The molecule has 0 bridgehead atoms. The lowest BCUT2D eigenvalue weighted by molar-refractivity contribution is 0.160. The zero-order valence-electron chi connectivity index (χ0n) is 8.59. The summed E-state index contributed by atoms with van der Waals surface area (Å²) in [6, 6.07) is -0.0759. The van der Waals surface area contributed by atoms with Crippen molar-refractivity contribution in [3.05, 3.63) is 0 Å². The summed E-state index contributed by atoms with van der Waals surface area (Å²) in [7, 11) is 0. The molecule has 4 heteroatoms. The van der Waals surface area contributed by atoms with E-state index in [1.165, 1.54) is 25.7 Å². The third kappa shape index (κ3) is 4.18. The van der Waals surface area contributed by atoms with Gasteiger partial charge in [-0.1, -0.05) is 31.4 Å². The standard InChI is InChI=1S/C10H18ClNO2/c1-8-2-4-9(5-3-8)6-12-10(13)14-7-11/h8-9H,2-7H2,1H3,(H,12,13). The molecule has 1 aliphatic rings. The average Bonchev–Trinajstić information content (AvgIpc) is 2.17. The lowest BCUT2D eigenvalue weighted by Gasteiger charge is -2.25. The minimum atomic E-state index is -0.404. The van der Waals surface area contributed by atoms with Gasteiger partial charge in [-0.05, 0) is 24.7 Å². The van der Waals surface area contributed by atoms with Gasteiger partial charge in [-0.2, -0.15) is 0 Å². The van der Waals surface area contributed by atoms with E-state index in [1.54, 1.807) is 0 Å². The molecular formula is C10H18ClNO2. The van der Waals surface area contributed by atoms with Crippen molar-refractivity contribution in [3.63, 3.8) is 0 Å². The molecule has 0 aromatic carbocycles. The second-order valence-electron chi connectivity index (χ2n) is 4.05. The number of carbonyl (C=O) groups is 1. The third-order valence-electron chi connectivity index (χ3n) is 2.86. The number of halogens is 1. The number of hydrogen-bond donors (Lipinski definition) is 1. The van der Waals surface area contributed by atoms with E-state index in [4.69, 9.17) is 11.6 Å². The molecule has 0 aromatic heterocycles. The first-order valence-electron chi connectivity index (χ1n) is 5.19. The number of rotatable bonds is 3. The maximum absolute atomic E-state index is 10.9. The number of carbonyl (C=O) groups excluding carboxylic acids is 1. The molecule has 3 nitrogen and oxygen atoms in total. The summed E-state index contributed by atoms with van der Waals surface area (Å²) < 4.78 is 4.57. The zero-order chi connectivity index (χ0) is 10.4. The topological polar surface area (TPSA) is 38.3 Å². The van der Waals surface area contributed by atoms with Crippen molar-refractivity contribution < 1.29 is 9.53 Å². The number of alkyl carbamates (subject to hydrolysis) is 1. The molecule has 0 aromatic rings. The van der Waals surface area contributed by atoms with Gasteiger partial charge in [-0.25, -0.2) is 4.79 Å². The van der Waals surface area contributed by atoms with E-state index in [0.29, 0.717) is 5.92 Å². The number of hydrogen-bond acceptors (Lipinski definition) is 2. The molecule has 0 radical (unpaired) electrons. The molecule has 1 saturated carbocycles. The minimum absolute atomic E-state index is 0.0759. The average molecular weight is 220 g/mol. The monoisotopic (exact) mass is 219 g/mol. The molecule has 0 atom stereocenters. The molecule has 1 amide bonds. The number of ether oxygens (including phenoxy) is 1. The largest absolute Gasteiger partial charge is 0.433 e. The molecule has 1 aliphatic carbocycles. The third-order valence-corrected chi connectivity index (χ3v) is 2.97. The van der Waals surface area contributed by atoms with Crippen LogP contribution in [0.2, 0.25) is 0 Å². The number of alkyl halides is 1. The maximum atomic E-state index is 10.9. The summed E-state index contributed by atoms with van der Waals surface area (Å²) in [4.78, 5) is 10.9. The van der Waals surface area contributed by atoms with Gasteiger partial charge in [-0.3, -0.25) is 0 Å². The summed E-state index contributed by atoms with van der Waals surface area (Å²) in [5, 5.41) is 2.72. The Morgan fingerprint density at radius 2 is 2.07 bits per heavy atom. The second kappa shape index (κ2) is 6.12. The van der Waals surface area contributed by atoms with Gasteiger partial charge < -0.3 is 10.1 Å². The van der Waals surface area contributed by atoms with Crippen LogP contribution in [0.25, 0.3) is 0 Å². The number of amides is 1. The molecule has 1 rings (SSSR count). The van der Waals surface area contributed by atoms with E-state index in [-0.39, 0.29) is 6.07 Å². The Kier molecular flexibility index (Phi) is 5.09. The molecule has 0 unspecified atom stereocenters. The van der Waals surface area contributed by atoms with Crippen LogP contribution < -0.4 is 5.32 Å². The first-order chi connectivity index (χ1) is 6.72. The van der Waals surface area contributed by atoms with Crippen molar-refractivity contribution in [1.82, 2.24) is 5.32 Å². The van der Waals surface area contributed by atoms with Crippen LogP contribution in [-0.2, 0) is 4.74 Å². The van der Waals surface area contributed by atoms with Crippen LogP contribution in [0.15, 0.2) is 0 Å². The quantitative estimate of drug-likeness (QED) is 0.742. The van der Waals surface area contributed by atoms with Crippen LogP contribution in [0.1, 0.15) is 32.6 Å². The van der Waals surface area contributed by atoms with Crippen LogP contribution >= 0.6 is 11.6 Å². The highest BCUT2D eigenvalue weighted by molar-refractivity contribution is 6.17. The van der Waals surface area contributed by atoms with Gasteiger partial charge in [0, 0.05) is 6.54 Å². The van der Waals surface area contributed by atoms with E-state index in [1.807, 2.05) is 0 Å². The fourth-order valence-electron chi connectivity index (χ4n) is 1.86. The second-order valence-corrected chi connectivity index (χ2v) is 4.27. The summed E-state index contributed by atoms with van der Waals surface area (Å²) >= 11 is 5.25. The van der Waals surface area contributed by atoms with E-state index in [9.17, 15) is 4.79 Å². The predicted octanol–water partition coefficient (Wildman–Crippen LogP) is 2.74. The van der Waals surface area contributed by atoms with E-state index < -0.39 is 6.09 Å². The molecule has 0 spiro atoms. The Hall–Kier alpha value is -0.440. The van der Waals surface area contributed by atoms with E-state index in [2.05, 4.69) is 17.0 Å². The smallest absolute Gasteiger partial charge is 0.408 e. The van der Waals surface area contributed by atoms with Crippen LogP contribution in [0, 0.1) is 11.8 Å². The summed E-state index contributed by atoms with van der Waals surface area (Å²) in [6.07, 6.45) is 4.57. The fraction of sp³-hybridized carbons (Fsp3) is 0.900. The van der Waals surface area contributed by atoms with Gasteiger partial charge in [0.25, 0.3) is 0 Å². The van der Waals surface area contributed by atoms with Crippen LogP contribution in [0.4, 0.5) is 4.79 Å². The molecule has 1 N–H and O–H groups in total. The maximum Gasteiger partial charge on any atom is 0.408 e. The van der Waals surface area contributed by atoms with Gasteiger partial charge in [-0.15, -0.1) is 0 Å². The highest BCUT2D eigenvalue weighted by atomic mass is 35.5. The SMILES string of the molecule is CC1CCC(CNC(=O)OCCl)CC1. The molecule has 14 heavy (non-hydrogen) atoms. The lowest BCUT2D eigenvalue weighted by atomic mass is 9.83. The Morgan fingerprint density at radius 3 is 2.64 bits per heavy atom. The van der Waals surface area contributed by atoms with E-state index >= 15 is 0 Å². The van der Waals surface area contributed by atoms with Crippen molar-refractivity contribution >= 4 is 17.7 Å². The van der Waals surface area contributed by atoms with Crippen molar-refractivity contribution in [2.24, 2.45) is 11.8 Å². The Bertz CT molecular complexity index is 179. The van der Waals surface area contributed by atoms with Crippen molar-refractivity contribution in [3.8, 4) is 0 Å². The van der Waals surface area contributed by atoms with Gasteiger partial charge in [0.1, 0.15) is 0 Å². The van der Waals surface area contributed by atoms with Crippen molar-refractivity contribution in [2.45, 2.75) is 32.6 Å². The summed E-state index contributed by atoms with van der Waals surface area (Å²) in [5.41, 5.74) is 0.